The van der Waals surface area contributed by atoms with E-state index >= 15 is 0 Å². The van der Waals surface area contributed by atoms with E-state index in [0.29, 0.717) is 30.9 Å². The Morgan fingerprint density at radius 3 is 2.85 bits per heavy atom. The molecular weight excluding hydrogens is 281 g/mol. The highest BCUT2D eigenvalue weighted by Gasteiger charge is 2.07. The maximum Gasteiger partial charge on any atom is 0.221 e. The third-order valence-electron chi connectivity index (χ3n) is 2.54. The predicted molar refractivity (Wildman–Crippen MR) is 80.3 cm³/mol. The van der Waals surface area contributed by atoms with Crippen LogP contribution in [0.1, 0.15) is 12.0 Å². The van der Waals surface area contributed by atoms with Gasteiger partial charge in [-0.05, 0) is 18.2 Å². The van der Waals surface area contributed by atoms with Crippen LogP contribution in [0.15, 0.2) is 18.2 Å². The van der Waals surface area contributed by atoms with Gasteiger partial charge in [0.15, 0.2) is 0 Å². The molecule has 0 heterocycles. The van der Waals surface area contributed by atoms with Gasteiger partial charge in [-0.1, -0.05) is 12.2 Å². The molecule has 0 aliphatic rings. The van der Waals surface area contributed by atoms with Crippen molar-refractivity contribution in [2.75, 3.05) is 32.1 Å². The number of ether oxygens (including phenoxy) is 1. The van der Waals surface area contributed by atoms with Crippen molar-refractivity contribution in [3.8, 4) is 0 Å². The Morgan fingerprint density at radius 2 is 2.20 bits per heavy atom. The molecule has 0 unspecified atom stereocenters. The van der Waals surface area contributed by atoms with E-state index in [4.69, 9.17) is 22.7 Å². The number of methoxy groups -OCH3 is 1. The van der Waals surface area contributed by atoms with E-state index in [1.165, 1.54) is 12.1 Å². The lowest BCUT2D eigenvalue weighted by Gasteiger charge is -2.11. The smallest absolute Gasteiger partial charge is 0.221 e. The Kier molecular flexibility index (Phi) is 6.89. The summed E-state index contributed by atoms with van der Waals surface area (Å²) in [6.45, 7) is 1.35. The van der Waals surface area contributed by atoms with Gasteiger partial charge in [0.05, 0.1) is 6.61 Å². The van der Waals surface area contributed by atoms with E-state index in [-0.39, 0.29) is 17.3 Å². The van der Waals surface area contributed by atoms with Gasteiger partial charge < -0.3 is 21.1 Å². The zero-order chi connectivity index (χ0) is 15.0. The average Bonchev–Trinajstić information content (AvgIpc) is 2.40. The van der Waals surface area contributed by atoms with Gasteiger partial charge in [0, 0.05) is 37.9 Å². The van der Waals surface area contributed by atoms with Crippen LogP contribution in [0.4, 0.5) is 10.1 Å². The lowest BCUT2D eigenvalue weighted by atomic mass is 10.1. The monoisotopic (exact) mass is 299 g/mol. The van der Waals surface area contributed by atoms with E-state index in [9.17, 15) is 9.18 Å². The van der Waals surface area contributed by atoms with E-state index in [1.807, 2.05) is 0 Å². The number of amides is 1. The third-order valence-corrected chi connectivity index (χ3v) is 2.76. The van der Waals surface area contributed by atoms with E-state index in [1.54, 1.807) is 13.2 Å². The minimum absolute atomic E-state index is 0.0893. The number of nitrogens with two attached hydrogens (primary N) is 1. The van der Waals surface area contributed by atoms with E-state index in [0.717, 1.165) is 0 Å². The molecule has 0 spiro atoms. The van der Waals surface area contributed by atoms with Gasteiger partial charge in [-0.2, -0.15) is 0 Å². The van der Waals surface area contributed by atoms with Crippen molar-refractivity contribution in [3.63, 3.8) is 0 Å². The molecule has 0 radical (unpaired) electrons. The van der Waals surface area contributed by atoms with Crippen LogP contribution >= 0.6 is 12.2 Å². The Labute approximate surface area is 122 Å². The van der Waals surface area contributed by atoms with E-state index in [2.05, 4.69) is 10.6 Å². The number of nitrogens with one attached hydrogen (secondary N) is 2. The van der Waals surface area contributed by atoms with Crippen LogP contribution in [0.2, 0.25) is 0 Å². The molecule has 20 heavy (non-hydrogen) atoms. The zero-order valence-corrected chi connectivity index (χ0v) is 12.1. The predicted octanol–water partition coefficient (Wildman–Crippen LogP) is 1.02. The molecule has 1 aromatic carbocycles. The Morgan fingerprint density at radius 1 is 1.45 bits per heavy atom. The second kappa shape index (κ2) is 8.44. The normalized spacial score (nSPS) is 10.1. The number of hydrogen-bond acceptors (Lipinski definition) is 4. The van der Waals surface area contributed by atoms with Gasteiger partial charge in [0.2, 0.25) is 5.91 Å². The molecule has 0 atom stereocenters. The second-order valence-electron chi connectivity index (χ2n) is 4.07. The standard InChI is InChI=1S/C13H18FN3O2S/c1-19-7-6-17-12(18)4-5-16-11-3-2-9(14)8-10(11)13(15)20/h2-3,8,16H,4-7H2,1H3,(H2,15,20)(H,17,18). The molecule has 0 aromatic heterocycles. The molecule has 1 aromatic rings. The van der Waals surface area contributed by atoms with Crippen LogP contribution in [0.3, 0.4) is 0 Å². The molecule has 0 aliphatic heterocycles. The van der Waals surface area contributed by atoms with Crippen molar-refractivity contribution in [1.29, 1.82) is 0 Å². The summed E-state index contributed by atoms with van der Waals surface area (Å²) < 4.78 is 17.9. The maximum atomic E-state index is 13.1. The van der Waals surface area contributed by atoms with E-state index < -0.39 is 5.82 Å². The largest absolute Gasteiger partial charge is 0.389 e. The zero-order valence-electron chi connectivity index (χ0n) is 11.2. The number of rotatable bonds is 8. The number of hydrogen-bond donors (Lipinski definition) is 3. The highest BCUT2D eigenvalue weighted by molar-refractivity contribution is 7.80. The summed E-state index contributed by atoms with van der Waals surface area (Å²) >= 11 is 4.86. The van der Waals surface area contributed by atoms with Gasteiger partial charge in [-0.3, -0.25) is 4.79 Å². The van der Waals surface area contributed by atoms with Crippen LogP contribution in [0.5, 0.6) is 0 Å². The van der Waals surface area contributed by atoms with Crippen molar-refractivity contribution in [3.05, 3.63) is 29.6 Å². The van der Waals surface area contributed by atoms with Crippen LogP contribution in [-0.4, -0.2) is 37.7 Å². The SMILES string of the molecule is COCCNC(=O)CCNc1ccc(F)cc1C(N)=S. The highest BCUT2D eigenvalue weighted by Crippen LogP contribution is 2.16. The minimum Gasteiger partial charge on any atom is -0.389 e. The van der Waals surface area contributed by atoms with Gasteiger partial charge in [0.1, 0.15) is 10.8 Å². The average molecular weight is 299 g/mol. The molecule has 0 aliphatic carbocycles. The van der Waals surface area contributed by atoms with Gasteiger partial charge >= 0.3 is 0 Å². The first-order chi connectivity index (χ1) is 9.54. The molecule has 7 heteroatoms. The maximum absolute atomic E-state index is 13.1. The number of carbonyl (C=O) groups excluding carboxylic acids is 1. The topological polar surface area (TPSA) is 76.4 Å². The Hall–Kier alpha value is -1.73. The molecule has 110 valence electrons. The summed E-state index contributed by atoms with van der Waals surface area (Å²) in [6, 6.07) is 4.12. The molecule has 0 fully saturated rings. The van der Waals surface area contributed by atoms with Crippen molar-refractivity contribution in [2.24, 2.45) is 5.73 Å². The van der Waals surface area contributed by atoms with Crippen molar-refractivity contribution in [2.45, 2.75) is 6.42 Å². The first-order valence-electron chi connectivity index (χ1n) is 6.13. The summed E-state index contributed by atoms with van der Waals surface area (Å²) in [4.78, 5) is 11.6. The first kappa shape index (κ1) is 16.3. The molecule has 1 rings (SSSR count). The van der Waals surface area contributed by atoms with Gasteiger partial charge in [-0.25, -0.2) is 4.39 Å². The first-order valence-corrected chi connectivity index (χ1v) is 6.54. The molecule has 0 saturated carbocycles. The van der Waals surface area contributed by atoms with Crippen molar-refractivity contribution in [1.82, 2.24) is 5.32 Å². The quantitative estimate of drug-likeness (QED) is 0.494. The van der Waals surface area contributed by atoms with Crippen LogP contribution in [-0.2, 0) is 9.53 Å². The fraction of sp³-hybridized carbons (Fsp3) is 0.385. The summed E-state index contributed by atoms with van der Waals surface area (Å²) in [5.74, 6) is -0.496. The van der Waals surface area contributed by atoms with Gasteiger partial charge in [-0.15, -0.1) is 0 Å². The molecule has 0 saturated heterocycles. The van der Waals surface area contributed by atoms with Crippen molar-refractivity contribution < 1.29 is 13.9 Å². The van der Waals surface area contributed by atoms with Crippen molar-refractivity contribution >= 4 is 28.8 Å². The number of benzene rings is 1. The lowest BCUT2D eigenvalue weighted by Crippen LogP contribution is -2.28. The fourth-order valence-electron chi connectivity index (χ4n) is 1.57. The van der Waals surface area contributed by atoms with Gasteiger partial charge in [0.25, 0.3) is 0 Å². The number of thiocarbonyl (C=S) groups is 1. The summed E-state index contributed by atoms with van der Waals surface area (Å²) in [5, 5.41) is 5.72. The number of anilines is 1. The summed E-state index contributed by atoms with van der Waals surface area (Å²) in [6.07, 6.45) is 0.290. The molecule has 5 nitrogen and oxygen atoms in total. The molecular formula is C13H18FN3O2S. The highest BCUT2D eigenvalue weighted by atomic mass is 32.1. The molecule has 0 bridgehead atoms. The summed E-state index contributed by atoms with van der Waals surface area (Å²) in [5.41, 5.74) is 6.57. The van der Waals surface area contributed by atoms with Crippen LogP contribution in [0, 0.1) is 5.82 Å². The Balaban J connectivity index is 2.46. The summed E-state index contributed by atoms with van der Waals surface area (Å²) in [7, 11) is 1.57. The minimum atomic E-state index is -0.407. The molecule has 4 N–H and O–H groups in total. The second-order valence-corrected chi connectivity index (χ2v) is 4.51. The fourth-order valence-corrected chi connectivity index (χ4v) is 1.73. The third kappa shape index (κ3) is 5.50. The van der Waals surface area contributed by atoms with Crippen LogP contribution in [0.25, 0.3) is 0 Å². The number of halogens is 1. The van der Waals surface area contributed by atoms with Crippen LogP contribution < -0.4 is 16.4 Å². The number of carbonyl (C=O) groups is 1. The lowest BCUT2D eigenvalue weighted by molar-refractivity contribution is -0.121. The molecule has 1 amide bonds. The Bertz CT molecular complexity index is 483.